The molecular formula is C16H20N2O4. The van der Waals surface area contributed by atoms with E-state index in [-0.39, 0.29) is 43.3 Å². The van der Waals surface area contributed by atoms with Crippen LogP contribution in [-0.4, -0.2) is 46.9 Å². The number of fused-ring (bicyclic) bond motifs is 1. The maximum atomic E-state index is 12.2. The first kappa shape index (κ1) is 16.2. The largest absolute Gasteiger partial charge is 0.394 e. The van der Waals surface area contributed by atoms with E-state index in [9.17, 15) is 14.4 Å². The lowest BCUT2D eigenvalue weighted by Crippen LogP contribution is -2.36. The summed E-state index contributed by atoms with van der Waals surface area (Å²) in [7, 11) is 0. The average Bonchev–Trinajstić information content (AvgIpc) is 2.71. The van der Waals surface area contributed by atoms with Gasteiger partial charge in [0.2, 0.25) is 5.91 Å². The fourth-order valence-corrected chi connectivity index (χ4v) is 2.40. The summed E-state index contributed by atoms with van der Waals surface area (Å²) in [5.74, 6) is -0.800. The summed E-state index contributed by atoms with van der Waals surface area (Å²) in [5.41, 5.74) is 1.79. The molecular weight excluding hydrogens is 284 g/mol. The summed E-state index contributed by atoms with van der Waals surface area (Å²) in [5, 5.41) is 11.5. The normalized spacial score (nSPS) is 15.0. The number of amides is 3. The number of imide groups is 1. The van der Waals surface area contributed by atoms with Gasteiger partial charge in [-0.1, -0.05) is 11.6 Å². The van der Waals surface area contributed by atoms with Crippen LogP contribution < -0.4 is 5.32 Å². The molecule has 1 aromatic carbocycles. The Bertz CT molecular complexity index is 612. The van der Waals surface area contributed by atoms with E-state index in [0.717, 1.165) is 5.56 Å². The van der Waals surface area contributed by atoms with Crippen molar-refractivity contribution in [2.75, 3.05) is 13.2 Å². The summed E-state index contributed by atoms with van der Waals surface area (Å²) in [6.45, 7) is 3.66. The molecule has 0 aliphatic carbocycles. The van der Waals surface area contributed by atoms with E-state index in [1.54, 1.807) is 25.1 Å². The third-order valence-corrected chi connectivity index (χ3v) is 3.59. The second-order valence-corrected chi connectivity index (χ2v) is 5.57. The molecule has 0 saturated heterocycles. The summed E-state index contributed by atoms with van der Waals surface area (Å²) in [6.07, 6.45) is 0.602. The van der Waals surface area contributed by atoms with Gasteiger partial charge in [-0.15, -0.1) is 0 Å². The van der Waals surface area contributed by atoms with Gasteiger partial charge in [-0.25, -0.2) is 0 Å². The first-order valence-electron chi connectivity index (χ1n) is 7.31. The lowest BCUT2D eigenvalue weighted by molar-refractivity contribution is -0.122. The zero-order chi connectivity index (χ0) is 16.3. The van der Waals surface area contributed by atoms with E-state index >= 15 is 0 Å². The van der Waals surface area contributed by atoms with Gasteiger partial charge in [-0.05, 0) is 32.4 Å². The topological polar surface area (TPSA) is 86.7 Å². The van der Waals surface area contributed by atoms with Gasteiger partial charge in [0, 0.05) is 19.0 Å². The van der Waals surface area contributed by atoms with Crippen LogP contribution in [-0.2, 0) is 4.79 Å². The summed E-state index contributed by atoms with van der Waals surface area (Å²) < 4.78 is 0. The molecule has 0 spiro atoms. The van der Waals surface area contributed by atoms with Crippen molar-refractivity contribution in [3.05, 3.63) is 34.9 Å². The number of nitrogens with zero attached hydrogens (tertiary/aromatic N) is 1. The summed E-state index contributed by atoms with van der Waals surface area (Å²) >= 11 is 0. The number of benzene rings is 1. The minimum atomic E-state index is -0.302. The molecule has 6 nitrogen and oxygen atoms in total. The summed E-state index contributed by atoms with van der Waals surface area (Å²) in [4.78, 5) is 37.2. The van der Waals surface area contributed by atoms with Crippen LogP contribution in [0.4, 0.5) is 0 Å². The van der Waals surface area contributed by atoms with E-state index < -0.39 is 0 Å². The third-order valence-electron chi connectivity index (χ3n) is 3.59. The van der Waals surface area contributed by atoms with Crippen molar-refractivity contribution in [2.45, 2.75) is 32.7 Å². The Morgan fingerprint density at radius 1 is 1.27 bits per heavy atom. The number of aryl methyl sites for hydroxylation is 1. The van der Waals surface area contributed by atoms with Crippen LogP contribution in [0, 0.1) is 6.92 Å². The molecule has 1 aliphatic rings. The predicted octanol–water partition coefficient (Wildman–Crippen LogP) is 0.868. The fourth-order valence-electron chi connectivity index (χ4n) is 2.40. The maximum Gasteiger partial charge on any atom is 0.261 e. The Morgan fingerprint density at radius 3 is 2.64 bits per heavy atom. The highest BCUT2D eigenvalue weighted by Gasteiger charge is 2.34. The Labute approximate surface area is 129 Å². The van der Waals surface area contributed by atoms with Gasteiger partial charge in [-0.2, -0.15) is 0 Å². The molecule has 2 rings (SSSR count). The Hall–Kier alpha value is -2.21. The van der Waals surface area contributed by atoms with E-state index in [1.165, 1.54) is 4.90 Å². The lowest BCUT2D eigenvalue weighted by Gasteiger charge is -2.14. The molecule has 0 fully saturated rings. The maximum absolute atomic E-state index is 12.2. The van der Waals surface area contributed by atoms with Crippen molar-refractivity contribution >= 4 is 17.7 Å². The van der Waals surface area contributed by atoms with E-state index in [4.69, 9.17) is 5.11 Å². The minimum Gasteiger partial charge on any atom is -0.394 e. The van der Waals surface area contributed by atoms with Crippen molar-refractivity contribution in [1.29, 1.82) is 0 Å². The summed E-state index contributed by atoms with van der Waals surface area (Å²) in [6, 6.07) is 4.89. The molecule has 1 aliphatic heterocycles. The Morgan fingerprint density at radius 2 is 1.95 bits per heavy atom. The Kier molecular flexibility index (Phi) is 4.92. The molecule has 1 unspecified atom stereocenters. The van der Waals surface area contributed by atoms with Crippen LogP contribution in [0.1, 0.15) is 46.0 Å². The highest BCUT2D eigenvalue weighted by Crippen LogP contribution is 2.24. The van der Waals surface area contributed by atoms with Gasteiger partial charge in [0.15, 0.2) is 0 Å². The quantitative estimate of drug-likeness (QED) is 0.763. The minimum absolute atomic E-state index is 0.122. The first-order chi connectivity index (χ1) is 10.4. The van der Waals surface area contributed by atoms with Crippen molar-refractivity contribution in [2.24, 2.45) is 0 Å². The first-order valence-corrected chi connectivity index (χ1v) is 7.31. The SMILES string of the molecule is Cc1ccc2c(c1)C(=O)N(CCCC(=O)NC(C)CO)C2=O. The van der Waals surface area contributed by atoms with Gasteiger partial charge < -0.3 is 10.4 Å². The highest BCUT2D eigenvalue weighted by molar-refractivity contribution is 6.21. The van der Waals surface area contributed by atoms with Crippen molar-refractivity contribution in [1.82, 2.24) is 10.2 Å². The highest BCUT2D eigenvalue weighted by atomic mass is 16.3. The van der Waals surface area contributed by atoms with E-state index in [2.05, 4.69) is 5.32 Å². The van der Waals surface area contributed by atoms with Crippen molar-refractivity contribution in [3.8, 4) is 0 Å². The third kappa shape index (κ3) is 3.33. The molecule has 1 aromatic rings. The van der Waals surface area contributed by atoms with Crippen LogP contribution in [0.2, 0.25) is 0 Å². The zero-order valence-electron chi connectivity index (χ0n) is 12.8. The van der Waals surface area contributed by atoms with Crippen LogP contribution in [0.25, 0.3) is 0 Å². The standard InChI is InChI=1S/C16H20N2O4/c1-10-5-6-12-13(8-10)16(22)18(15(12)21)7-3-4-14(20)17-11(2)9-19/h5-6,8,11,19H,3-4,7,9H2,1-2H3,(H,17,20). The molecule has 6 heteroatoms. The molecule has 2 N–H and O–H groups in total. The van der Waals surface area contributed by atoms with E-state index in [0.29, 0.717) is 17.5 Å². The van der Waals surface area contributed by atoms with Crippen LogP contribution in [0.5, 0.6) is 0 Å². The van der Waals surface area contributed by atoms with E-state index in [1.807, 2.05) is 6.92 Å². The number of carbonyl (C=O) groups is 3. The number of aliphatic hydroxyl groups is 1. The molecule has 0 radical (unpaired) electrons. The predicted molar refractivity (Wildman–Crippen MR) is 80.5 cm³/mol. The second-order valence-electron chi connectivity index (χ2n) is 5.57. The van der Waals surface area contributed by atoms with Gasteiger partial charge >= 0.3 is 0 Å². The molecule has 0 bridgehead atoms. The molecule has 118 valence electrons. The van der Waals surface area contributed by atoms with Crippen molar-refractivity contribution < 1.29 is 19.5 Å². The number of hydrogen-bond acceptors (Lipinski definition) is 4. The number of nitrogens with one attached hydrogen (secondary N) is 1. The molecule has 3 amide bonds. The van der Waals surface area contributed by atoms with Gasteiger partial charge in [0.1, 0.15) is 0 Å². The van der Waals surface area contributed by atoms with Crippen LogP contribution in [0.15, 0.2) is 18.2 Å². The number of rotatable bonds is 6. The van der Waals surface area contributed by atoms with Gasteiger partial charge in [0.05, 0.1) is 17.7 Å². The molecule has 1 atom stereocenters. The molecule has 0 saturated carbocycles. The number of hydrogen-bond donors (Lipinski definition) is 2. The van der Waals surface area contributed by atoms with Crippen LogP contribution in [0.3, 0.4) is 0 Å². The average molecular weight is 304 g/mol. The van der Waals surface area contributed by atoms with Gasteiger partial charge in [0.25, 0.3) is 11.8 Å². The number of carbonyl (C=O) groups excluding carboxylic acids is 3. The Balaban J connectivity index is 1.91. The molecule has 0 aromatic heterocycles. The van der Waals surface area contributed by atoms with Gasteiger partial charge in [-0.3, -0.25) is 19.3 Å². The molecule has 22 heavy (non-hydrogen) atoms. The zero-order valence-corrected chi connectivity index (χ0v) is 12.8. The number of aliphatic hydroxyl groups excluding tert-OH is 1. The van der Waals surface area contributed by atoms with Crippen LogP contribution >= 0.6 is 0 Å². The molecule has 1 heterocycles. The lowest BCUT2D eigenvalue weighted by atomic mass is 10.1. The smallest absolute Gasteiger partial charge is 0.261 e. The van der Waals surface area contributed by atoms with Crippen molar-refractivity contribution in [3.63, 3.8) is 0 Å². The monoisotopic (exact) mass is 304 g/mol. The second kappa shape index (κ2) is 6.70. The fraction of sp³-hybridized carbons (Fsp3) is 0.438.